The number of anilines is 1. The molecule has 0 aliphatic rings. The normalized spacial score (nSPS) is 11.7. The van der Waals surface area contributed by atoms with Gasteiger partial charge in [-0.1, -0.05) is 29.3 Å². The number of sulfonamides is 1. The Bertz CT molecular complexity index is 1380. The molecule has 2 aromatic carbocycles. The van der Waals surface area contributed by atoms with Crippen LogP contribution >= 0.6 is 11.6 Å². The summed E-state index contributed by atoms with van der Waals surface area (Å²) in [4.78, 5) is 20.8. The minimum atomic E-state index is -3.92. The zero-order valence-corrected chi connectivity index (χ0v) is 17.8. The lowest BCUT2D eigenvalue weighted by molar-refractivity contribution is 0.589. The molecular formula is C20H18ClN5O3S. The number of aromatic nitrogens is 4. The molecule has 4 rings (SSSR count). The fourth-order valence-electron chi connectivity index (χ4n) is 3.00. The van der Waals surface area contributed by atoms with Crippen LogP contribution in [0.1, 0.15) is 17.1 Å². The Morgan fingerprint density at radius 1 is 1.03 bits per heavy atom. The average Bonchev–Trinajstić information content (AvgIpc) is 3.10. The number of benzene rings is 2. The molecule has 0 saturated heterocycles. The Hall–Kier alpha value is -3.17. The molecule has 0 radical (unpaired) electrons. The maximum absolute atomic E-state index is 13.4. The summed E-state index contributed by atoms with van der Waals surface area (Å²) >= 11 is 5.98. The van der Waals surface area contributed by atoms with E-state index in [1.807, 2.05) is 6.92 Å². The highest BCUT2D eigenvalue weighted by Gasteiger charge is 2.26. The first kappa shape index (κ1) is 20.1. The van der Waals surface area contributed by atoms with Gasteiger partial charge in [-0.05, 0) is 50.2 Å². The molecule has 1 N–H and O–H groups in total. The van der Waals surface area contributed by atoms with Crippen molar-refractivity contribution >= 4 is 33.1 Å². The van der Waals surface area contributed by atoms with Crippen molar-refractivity contribution in [3.63, 3.8) is 0 Å². The molecule has 2 heterocycles. The van der Waals surface area contributed by atoms with Gasteiger partial charge in [0.05, 0.1) is 17.1 Å². The predicted octanol–water partition coefficient (Wildman–Crippen LogP) is 3.08. The summed E-state index contributed by atoms with van der Waals surface area (Å²) in [5.74, 6) is 0.453. The van der Waals surface area contributed by atoms with Gasteiger partial charge in [0.2, 0.25) is 0 Å². The third-order valence-electron chi connectivity index (χ3n) is 4.52. The van der Waals surface area contributed by atoms with Crippen molar-refractivity contribution in [3.05, 3.63) is 87.1 Å². The number of H-pyrrole nitrogens is 1. The lowest BCUT2D eigenvalue weighted by Crippen LogP contribution is -2.31. The molecule has 0 unspecified atom stereocenters. The average molecular weight is 444 g/mol. The van der Waals surface area contributed by atoms with Crippen molar-refractivity contribution in [2.75, 3.05) is 4.31 Å². The fourth-order valence-corrected chi connectivity index (χ4v) is 4.56. The topological polar surface area (TPSA) is 100 Å². The highest BCUT2D eigenvalue weighted by molar-refractivity contribution is 7.92. The van der Waals surface area contributed by atoms with E-state index in [0.29, 0.717) is 16.4 Å². The van der Waals surface area contributed by atoms with Crippen LogP contribution in [0.25, 0.3) is 5.78 Å². The van der Waals surface area contributed by atoms with Crippen molar-refractivity contribution in [1.82, 2.24) is 19.6 Å². The van der Waals surface area contributed by atoms with E-state index in [1.54, 1.807) is 55.5 Å². The van der Waals surface area contributed by atoms with Gasteiger partial charge in [-0.15, -0.1) is 0 Å². The number of halogens is 1. The summed E-state index contributed by atoms with van der Waals surface area (Å²) in [5, 5.41) is 3.32. The number of rotatable bonds is 5. The van der Waals surface area contributed by atoms with E-state index in [9.17, 15) is 13.2 Å². The number of fused-ring (bicyclic) bond motifs is 1. The van der Waals surface area contributed by atoms with Gasteiger partial charge in [0, 0.05) is 16.8 Å². The predicted molar refractivity (Wildman–Crippen MR) is 114 cm³/mol. The first-order valence-electron chi connectivity index (χ1n) is 9.04. The molecule has 30 heavy (non-hydrogen) atoms. The van der Waals surface area contributed by atoms with Gasteiger partial charge >= 0.3 is 0 Å². The summed E-state index contributed by atoms with van der Waals surface area (Å²) in [6, 6.07) is 14.4. The van der Waals surface area contributed by atoms with Gasteiger partial charge in [0.15, 0.2) is 0 Å². The summed E-state index contributed by atoms with van der Waals surface area (Å²) in [7, 11) is -3.92. The van der Waals surface area contributed by atoms with E-state index in [1.165, 1.54) is 14.9 Å². The van der Waals surface area contributed by atoms with E-state index in [-0.39, 0.29) is 28.6 Å². The van der Waals surface area contributed by atoms with Gasteiger partial charge in [0.25, 0.3) is 21.4 Å². The van der Waals surface area contributed by atoms with E-state index in [4.69, 9.17) is 11.6 Å². The molecular weight excluding hydrogens is 426 g/mol. The second-order valence-electron chi connectivity index (χ2n) is 6.84. The quantitative estimate of drug-likeness (QED) is 0.510. The first-order valence-corrected chi connectivity index (χ1v) is 10.9. The van der Waals surface area contributed by atoms with Gasteiger partial charge in [-0.2, -0.15) is 9.50 Å². The molecule has 154 valence electrons. The van der Waals surface area contributed by atoms with E-state index in [0.717, 1.165) is 5.56 Å². The Morgan fingerprint density at radius 2 is 1.70 bits per heavy atom. The van der Waals surface area contributed by atoms with Crippen LogP contribution in [0.15, 0.2) is 64.3 Å². The second-order valence-corrected chi connectivity index (χ2v) is 9.14. The molecule has 0 aliphatic carbocycles. The van der Waals surface area contributed by atoms with Gasteiger partial charge in [-0.25, -0.2) is 13.4 Å². The molecule has 0 amide bonds. The highest BCUT2D eigenvalue weighted by atomic mass is 35.5. The fraction of sp³-hybridized carbons (Fsp3) is 0.150. The number of aryl methyl sites for hydroxylation is 2. The van der Waals surface area contributed by atoms with Crippen molar-refractivity contribution in [3.8, 4) is 0 Å². The molecule has 0 atom stereocenters. The first-order chi connectivity index (χ1) is 14.2. The zero-order valence-electron chi connectivity index (χ0n) is 16.2. The molecule has 2 aromatic heterocycles. The van der Waals surface area contributed by atoms with Crippen LogP contribution in [0.3, 0.4) is 0 Å². The Kier molecular flexibility index (Phi) is 5.08. The number of hydrogen-bond acceptors (Lipinski definition) is 5. The van der Waals surface area contributed by atoms with Crippen molar-refractivity contribution in [2.45, 2.75) is 25.3 Å². The second kappa shape index (κ2) is 7.58. The smallest absolute Gasteiger partial charge is 0.273 e. The van der Waals surface area contributed by atoms with Crippen LogP contribution in [0.2, 0.25) is 5.02 Å². The molecule has 0 aliphatic heterocycles. The maximum atomic E-state index is 13.4. The summed E-state index contributed by atoms with van der Waals surface area (Å²) in [6.45, 7) is 3.45. The monoisotopic (exact) mass is 443 g/mol. The van der Waals surface area contributed by atoms with Crippen LogP contribution in [0.5, 0.6) is 0 Å². The number of nitrogens with zero attached hydrogens (tertiary/aromatic N) is 4. The van der Waals surface area contributed by atoms with Crippen molar-refractivity contribution in [2.24, 2.45) is 0 Å². The molecule has 4 aromatic rings. The summed E-state index contributed by atoms with van der Waals surface area (Å²) < 4.78 is 29.3. The molecule has 0 spiro atoms. The number of nitrogens with one attached hydrogen (secondary N) is 1. The molecule has 0 fully saturated rings. The third kappa shape index (κ3) is 3.81. The standard InChI is InChI=1S/C20H18ClN5O3S/c1-13-3-9-17(10-4-13)30(28,29)25(16-7-5-15(21)6-8-16)12-18-23-20-22-14(2)11-19(27)26(20)24-18/h3-11H,12H2,1-2H3,(H,22,23,24). The van der Waals surface area contributed by atoms with E-state index >= 15 is 0 Å². The minimum absolute atomic E-state index is 0.125. The summed E-state index contributed by atoms with van der Waals surface area (Å²) in [5.41, 5.74) is 1.57. The molecule has 0 saturated carbocycles. The summed E-state index contributed by atoms with van der Waals surface area (Å²) in [6.07, 6.45) is 0. The Labute approximate surface area is 177 Å². The largest absolute Gasteiger partial charge is 0.274 e. The lowest BCUT2D eigenvalue weighted by atomic mass is 10.2. The number of hydrogen-bond donors (Lipinski definition) is 1. The highest BCUT2D eigenvalue weighted by Crippen LogP contribution is 2.27. The van der Waals surface area contributed by atoms with Crippen molar-refractivity contribution < 1.29 is 8.42 Å². The Balaban J connectivity index is 1.82. The molecule has 8 nitrogen and oxygen atoms in total. The number of aromatic amines is 1. The van der Waals surface area contributed by atoms with Crippen LogP contribution in [0, 0.1) is 13.8 Å². The Morgan fingerprint density at radius 3 is 2.37 bits per heavy atom. The third-order valence-corrected chi connectivity index (χ3v) is 6.56. The molecule has 10 heteroatoms. The van der Waals surface area contributed by atoms with Gasteiger partial charge in [-0.3, -0.25) is 14.2 Å². The van der Waals surface area contributed by atoms with Crippen molar-refractivity contribution in [1.29, 1.82) is 0 Å². The van der Waals surface area contributed by atoms with E-state index < -0.39 is 10.0 Å². The minimum Gasteiger partial charge on any atom is -0.273 e. The van der Waals surface area contributed by atoms with E-state index in [2.05, 4.69) is 15.1 Å². The van der Waals surface area contributed by atoms with Gasteiger partial charge < -0.3 is 0 Å². The lowest BCUT2D eigenvalue weighted by Gasteiger charge is -2.23. The maximum Gasteiger partial charge on any atom is 0.274 e. The van der Waals surface area contributed by atoms with Crippen LogP contribution in [0.4, 0.5) is 5.69 Å². The van der Waals surface area contributed by atoms with Crippen LogP contribution in [-0.2, 0) is 16.6 Å². The molecule has 0 bridgehead atoms. The van der Waals surface area contributed by atoms with Crippen LogP contribution in [-0.4, -0.2) is 28.0 Å². The van der Waals surface area contributed by atoms with Gasteiger partial charge in [0.1, 0.15) is 5.82 Å². The van der Waals surface area contributed by atoms with Crippen LogP contribution < -0.4 is 9.86 Å². The SMILES string of the molecule is Cc1ccc(S(=O)(=O)N(Cc2nc3nc(C)cc(=O)n3[nH]2)c2ccc(Cl)cc2)cc1. The zero-order chi connectivity index (χ0) is 21.5.